The summed E-state index contributed by atoms with van der Waals surface area (Å²) in [6.07, 6.45) is -0.452. The zero-order chi connectivity index (χ0) is 15.5. The zero-order valence-electron chi connectivity index (χ0n) is 11.4. The van der Waals surface area contributed by atoms with Crippen LogP contribution in [0.1, 0.15) is 12.0 Å². The molecule has 0 aromatic heterocycles. The maximum absolute atomic E-state index is 13.8. The van der Waals surface area contributed by atoms with E-state index < -0.39 is 17.8 Å². The molecule has 4 nitrogen and oxygen atoms in total. The number of hydrogen-bond acceptors (Lipinski definition) is 3. The summed E-state index contributed by atoms with van der Waals surface area (Å²) >= 11 is 5.68. The van der Waals surface area contributed by atoms with Gasteiger partial charge in [-0.3, -0.25) is 4.79 Å². The first kappa shape index (κ1) is 14.5. The topological polar surface area (TPSA) is 50.7 Å². The van der Waals surface area contributed by atoms with Crippen LogP contribution in [0.15, 0.2) is 53.7 Å². The molecule has 0 radical (unpaired) electrons. The predicted molar refractivity (Wildman–Crippen MR) is 82.5 cm³/mol. The Kier molecular flexibility index (Phi) is 4.06. The van der Waals surface area contributed by atoms with E-state index in [1.165, 1.54) is 12.1 Å². The number of anilines is 1. The minimum absolute atomic E-state index is 0.0225. The van der Waals surface area contributed by atoms with Crippen molar-refractivity contribution in [3.63, 3.8) is 0 Å². The third-order valence-electron chi connectivity index (χ3n) is 3.28. The Labute approximate surface area is 131 Å². The van der Waals surface area contributed by atoms with Crippen LogP contribution in [0.4, 0.5) is 10.1 Å². The molecule has 1 aliphatic rings. The van der Waals surface area contributed by atoms with Crippen LogP contribution in [-0.2, 0) is 9.63 Å². The Morgan fingerprint density at radius 1 is 1.23 bits per heavy atom. The van der Waals surface area contributed by atoms with Gasteiger partial charge in [-0.2, -0.15) is 0 Å². The van der Waals surface area contributed by atoms with Gasteiger partial charge in [0.2, 0.25) is 6.10 Å². The lowest BCUT2D eigenvalue weighted by Gasteiger charge is -2.10. The number of amides is 1. The largest absolute Gasteiger partial charge is 0.382 e. The molecule has 0 saturated carbocycles. The monoisotopic (exact) mass is 318 g/mol. The molecule has 2 aromatic carbocycles. The van der Waals surface area contributed by atoms with Crippen LogP contribution in [0.5, 0.6) is 0 Å². The fraction of sp³-hybridized carbons (Fsp3) is 0.125. The molecule has 22 heavy (non-hydrogen) atoms. The van der Waals surface area contributed by atoms with Gasteiger partial charge in [0.15, 0.2) is 5.82 Å². The molecule has 1 heterocycles. The summed E-state index contributed by atoms with van der Waals surface area (Å²) in [4.78, 5) is 17.3. The Hall–Kier alpha value is -2.40. The zero-order valence-corrected chi connectivity index (χ0v) is 12.2. The number of nitrogens with zero attached hydrogens (tertiary/aromatic N) is 1. The first-order valence-corrected chi connectivity index (χ1v) is 7.06. The van der Waals surface area contributed by atoms with E-state index in [1.54, 1.807) is 6.07 Å². The molecule has 1 atom stereocenters. The molecule has 6 heteroatoms. The minimum atomic E-state index is -0.784. The van der Waals surface area contributed by atoms with Gasteiger partial charge >= 0.3 is 0 Å². The van der Waals surface area contributed by atoms with Crippen molar-refractivity contribution < 1.29 is 14.0 Å². The maximum Gasteiger partial charge on any atom is 0.268 e. The highest BCUT2D eigenvalue weighted by molar-refractivity contribution is 6.31. The summed E-state index contributed by atoms with van der Waals surface area (Å²) in [5, 5.41) is 6.34. The molecule has 2 aromatic rings. The van der Waals surface area contributed by atoms with Crippen LogP contribution in [0, 0.1) is 5.82 Å². The molecule has 1 aliphatic heterocycles. The van der Waals surface area contributed by atoms with E-state index >= 15 is 0 Å². The van der Waals surface area contributed by atoms with Crippen LogP contribution in [0.2, 0.25) is 5.02 Å². The van der Waals surface area contributed by atoms with E-state index in [-0.39, 0.29) is 10.7 Å². The van der Waals surface area contributed by atoms with Crippen LogP contribution in [0.3, 0.4) is 0 Å². The van der Waals surface area contributed by atoms with Gasteiger partial charge in [0, 0.05) is 6.42 Å². The quantitative estimate of drug-likeness (QED) is 0.940. The number of oxime groups is 1. The standard InChI is InChI=1S/C16H12ClFN2O2/c17-11-7-4-8-12(15(11)18)19-16(21)14-9-13(20-22-14)10-5-2-1-3-6-10/h1-8,14H,9H2,(H,19,21). The lowest BCUT2D eigenvalue weighted by atomic mass is 10.0. The van der Waals surface area contributed by atoms with Gasteiger partial charge in [-0.05, 0) is 17.7 Å². The fourth-order valence-corrected chi connectivity index (χ4v) is 2.31. The number of nitrogens with one attached hydrogen (secondary N) is 1. The number of hydrogen-bond donors (Lipinski definition) is 1. The first-order chi connectivity index (χ1) is 10.6. The Morgan fingerprint density at radius 2 is 2.00 bits per heavy atom. The average molecular weight is 319 g/mol. The molecule has 1 N–H and O–H groups in total. The number of halogens is 2. The van der Waals surface area contributed by atoms with Crippen molar-refractivity contribution >= 4 is 28.9 Å². The highest BCUT2D eigenvalue weighted by Gasteiger charge is 2.29. The van der Waals surface area contributed by atoms with E-state index in [9.17, 15) is 9.18 Å². The summed E-state index contributed by atoms with van der Waals surface area (Å²) in [7, 11) is 0. The summed E-state index contributed by atoms with van der Waals surface area (Å²) in [5.74, 6) is -1.13. The molecule has 0 saturated heterocycles. The maximum atomic E-state index is 13.8. The van der Waals surface area contributed by atoms with Gasteiger partial charge in [0.1, 0.15) is 0 Å². The van der Waals surface area contributed by atoms with E-state index in [4.69, 9.17) is 16.4 Å². The molecule has 1 unspecified atom stereocenters. The smallest absolute Gasteiger partial charge is 0.268 e. The number of carbonyl (C=O) groups is 1. The molecule has 3 rings (SSSR count). The third-order valence-corrected chi connectivity index (χ3v) is 3.57. The Balaban J connectivity index is 1.67. The van der Waals surface area contributed by atoms with Crippen molar-refractivity contribution in [1.82, 2.24) is 0 Å². The van der Waals surface area contributed by atoms with Crippen molar-refractivity contribution in [1.29, 1.82) is 0 Å². The van der Waals surface area contributed by atoms with E-state index in [0.717, 1.165) is 5.56 Å². The van der Waals surface area contributed by atoms with Crippen LogP contribution in [-0.4, -0.2) is 17.7 Å². The molecule has 1 amide bonds. The Morgan fingerprint density at radius 3 is 2.77 bits per heavy atom. The van der Waals surface area contributed by atoms with Gasteiger partial charge in [-0.25, -0.2) is 4.39 Å². The first-order valence-electron chi connectivity index (χ1n) is 6.68. The second kappa shape index (κ2) is 6.15. The van der Waals surface area contributed by atoms with E-state index in [2.05, 4.69) is 10.5 Å². The molecule has 0 fully saturated rings. The lowest BCUT2D eigenvalue weighted by Crippen LogP contribution is -2.28. The van der Waals surface area contributed by atoms with Gasteiger partial charge < -0.3 is 10.2 Å². The van der Waals surface area contributed by atoms with Gasteiger partial charge in [-0.15, -0.1) is 0 Å². The summed E-state index contributed by atoms with van der Waals surface area (Å²) in [5.41, 5.74) is 1.60. The van der Waals surface area contributed by atoms with Crippen molar-refractivity contribution in [2.75, 3.05) is 5.32 Å². The van der Waals surface area contributed by atoms with Crippen molar-refractivity contribution in [3.05, 3.63) is 64.9 Å². The summed E-state index contributed by atoms with van der Waals surface area (Å²) in [6, 6.07) is 13.8. The number of carbonyl (C=O) groups excluding carboxylic acids is 1. The highest BCUT2D eigenvalue weighted by atomic mass is 35.5. The molecular weight excluding hydrogens is 307 g/mol. The van der Waals surface area contributed by atoms with E-state index in [0.29, 0.717) is 12.1 Å². The second-order valence-corrected chi connectivity index (χ2v) is 5.20. The average Bonchev–Trinajstić information content (AvgIpc) is 3.03. The highest BCUT2D eigenvalue weighted by Crippen LogP contribution is 2.23. The van der Waals surface area contributed by atoms with Gasteiger partial charge in [0.05, 0.1) is 16.4 Å². The van der Waals surface area contributed by atoms with Gasteiger partial charge in [-0.1, -0.05) is 53.2 Å². The summed E-state index contributed by atoms with van der Waals surface area (Å²) < 4.78 is 13.8. The van der Waals surface area contributed by atoms with Crippen LogP contribution in [0.25, 0.3) is 0 Å². The Bertz CT molecular complexity index is 734. The van der Waals surface area contributed by atoms with E-state index in [1.807, 2.05) is 30.3 Å². The number of benzene rings is 2. The predicted octanol–water partition coefficient (Wildman–Crippen LogP) is 3.61. The van der Waals surface area contributed by atoms with Crippen LogP contribution >= 0.6 is 11.6 Å². The van der Waals surface area contributed by atoms with Crippen molar-refractivity contribution in [2.24, 2.45) is 5.16 Å². The van der Waals surface area contributed by atoms with Gasteiger partial charge in [0.25, 0.3) is 5.91 Å². The molecule has 0 bridgehead atoms. The summed E-state index contributed by atoms with van der Waals surface area (Å²) in [6.45, 7) is 0. The molecule has 0 spiro atoms. The minimum Gasteiger partial charge on any atom is -0.382 e. The van der Waals surface area contributed by atoms with Crippen molar-refractivity contribution in [3.8, 4) is 0 Å². The molecule has 0 aliphatic carbocycles. The SMILES string of the molecule is O=C(Nc1cccc(Cl)c1F)C1CC(c2ccccc2)=NO1. The van der Waals surface area contributed by atoms with Crippen molar-refractivity contribution in [2.45, 2.75) is 12.5 Å². The fourth-order valence-electron chi connectivity index (χ4n) is 2.13. The number of rotatable bonds is 3. The third kappa shape index (κ3) is 2.94. The normalized spacial score (nSPS) is 16.8. The van der Waals surface area contributed by atoms with Crippen LogP contribution < -0.4 is 5.32 Å². The second-order valence-electron chi connectivity index (χ2n) is 4.79. The molecule has 112 valence electrons. The molecular formula is C16H12ClFN2O2. The lowest BCUT2D eigenvalue weighted by molar-refractivity contribution is -0.125.